The van der Waals surface area contributed by atoms with E-state index in [1.54, 1.807) is 6.20 Å². The van der Waals surface area contributed by atoms with E-state index >= 15 is 0 Å². The smallest absolute Gasteiger partial charge is 0.284 e. The zero-order chi connectivity index (χ0) is 14.5. The van der Waals surface area contributed by atoms with Crippen LogP contribution in [0.5, 0.6) is 0 Å². The maximum atomic E-state index is 12.0. The molecule has 0 saturated carbocycles. The Morgan fingerprint density at radius 2 is 2.10 bits per heavy atom. The van der Waals surface area contributed by atoms with Crippen LogP contribution in [0.3, 0.4) is 0 Å². The summed E-state index contributed by atoms with van der Waals surface area (Å²) < 4.78 is 1.68. The van der Waals surface area contributed by atoms with Crippen molar-refractivity contribution < 1.29 is 0 Å². The van der Waals surface area contributed by atoms with E-state index in [9.17, 15) is 4.79 Å². The predicted octanol–water partition coefficient (Wildman–Crippen LogP) is 2.56. The van der Waals surface area contributed by atoms with E-state index in [1.807, 2.05) is 19.1 Å². The molecule has 0 aliphatic rings. The van der Waals surface area contributed by atoms with Gasteiger partial charge in [-0.3, -0.25) is 4.79 Å². The minimum Gasteiger partial charge on any atom is -0.379 e. The highest BCUT2D eigenvalue weighted by Crippen LogP contribution is 2.17. The topological polar surface area (TPSA) is 46.9 Å². The molecule has 2 rings (SSSR count). The number of hydrogen-bond donors (Lipinski definition) is 1. The zero-order valence-electron chi connectivity index (χ0n) is 11.1. The minimum atomic E-state index is -0.239. The monoisotopic (exact) mass is 331 g/mol. The SMILES string of the molecule is C#CCn1ncc(NCc2ccc(C)cc2)c(Br)c1=O. The maximum absolute atomic E-state index is 12.0. The molecule has 0 amide bonds. The summed E-state index contributed by atoms with van der Waals surface area (Å²) in [7, 11) is 0. The van der Waals surface area contributed by atoms with E-state index in [-0.39, 0.29) is 12.1 Å². The first-order valence-electron chi connectivity index (χ1n) is 6.10. The van der Waals surface area contributed by atoms with Gasteiger partial charge in [-0.15, -0.1) is 6.42 Å². The molecular formula is C15H14BrN3O. The van der Waals surface area contributed by atoms with Gasteiger partial charge in [-0.05, 0) is 28.4 Å². The molecule has 0 atom stereocenters. The predicted molar refractivity (Wildman–Crippen MR) is 83.5 cm³/mol. The van der Waals surface area contributed by atoms with Crippen LogP contribution < -0.4 is 10.9 Å². The Kier molecular flexibility index (Phi) is 4.59. The lowest BCUT2D eigenvalue weighted by molar-refractivity contribution is 0.659. The van der Waals surface area contributed by atoms with Gasteiger partial charge in [0.1, 0.15) is 11.0 Å². The molecular weight excluding hydrogens is 318 g/mol. The molecule has 1 aromatic heterocycles. The molecule has 2 aromatic rings. The Hall–Kier alpha value is -2.06. The number of aromatic nitrogens is 2. The Morgan fingerprint density at radius 1 is 1.40 bits per heavy atom. The molecule has 20 heavy (non-hydrogen) atoms. The first-order chi connectivity index (χ1) is 9.61. The minimum absolute atomic E-state index is 0.162. The van der Waals surface area contributed by atoms with Gasteiger partial charge in [-0.2, -0.15) is 5.10 Å². The molecule has 0 aliphatic carbocycles. The second-order valence-corrected chi connectivity index (χ2v) is 5.17. The van der Waals surface area contributed by atoms with Gasteiger partial charge < -0.3 is 5.32 Å². The first kappa shape index (κ1) is 14.4. The van der Waals surface area contributed by atoms with Crippen molar-refractivity contribution in [3.05, 3.63) is 56.4 Å². The number of nitrogens with zero attached hydrogens (tertiary/aromatic N) is 2. The average molecular weight is 332 g/mol. The molecule has 0 radical (unpaired) electrons. The first-order valence-corrected chi connectivity index (χ1v) is 6.89. The van der Waals surface area contributed by atoms with E-state index in [0.717, 1.165) is 5.56 Å². The normalized spacial score (nSPS) is 10.1. The molecule has 0 bridgehead atoms. The summed E-state index contributed by atoms with van der Waals surface area (Å²) in [4.78, 5) is 12.0. The number of hydrogen-bond acceptors (Lipinski definition) is 3. The summed E-state index contributed by atoms with van der Waals surface area (Å²) >= 11 is 3.28. The van der Waals surface area contributed by atoms with Gasteiger partial charge in [0.2, 0.25) is 0 Å². The molecule has 5 heteroatoms. The number of benzene rings is 1. The Balaban J connectivity index is 2.14. The molecule has 0 saturated heterocycles. The number of halogens is 1. The fourth-order valence-electron chi connectivity index (χ4n) is 1.69. The lowest BCUT2D eigenvalue weighted by atomic mass is 10.1. The highest BCUT2D eigenvalue weighted by atomic mass is 79.9. The lowest BCUT2D eigenvalue weighted by Crippen LogP contribution is -2.24. The Bertz CT molecular complexity index is 699. The number of aryl methyl sites for hydroxylation is 1. The molecule has 4 nitrogen and oxygen atoms in total. The summed E-state index contributed by atoms with van der Waals surface area (Å²) in [6, 6.07) is 8.19. The van der Waals surface area contributed by atoms with Crippen molar-refractivity contribution in [3.8, 4) is 12.3 Å². The Morgan fingerprint density at radius 3 is 2.75 bits per heavy atom. The number of terminal acetylenes is 1. The van der Waals surface area contributed by atoms with Crippen LogP contribution in [0.4, 0.5) is 5.69 Å². The second-order valence-electron chi connectivity index (χ2n) is 4.38. The fourth-order valence-corrected chi connectivity index (χ4v) is 2.14. The van der Waals surface area contributed by atoms with Gasteiger partial charge in [0, 0.05) is 6.54 Å². The maximum Gasteiger partial charge on any atom is 0.284 e. The quantitative estimate of drug-likeness (QED) is 0.876. The van der Waals surface area contributed by atoms with Gasteiger partial charge in [0.05, 0.1) is 11.9 Å². The molecule has 0 aliphatic heterocycles. The summed E-state index contributed by atoms with van der Waals surface area (Å²) in [5, 5.41) is 7.21. The van der Waals surface area contributed by atoms with Gasteiger partial charge in [0.25, 0.3) is 5.56 Å². The van der Waals surface area contributed by atoms with Crippen molar-refractivity contribution in [2.75, 3.05) is 5.32 Å². The summed E-state index contributed by atoms with van der Waals surface area (Å²) in [5.74, 6) is 2.39. The highest BCUT2D eigenvalue weighted by Gasteiger charge is 2.07. The van der Waals surface area contributed by atoms with Crippen molar-refractivity contribution in [1.29, 1.82) is 0 Å². The van der Waals surface area contributed by atoms with Gasteiger partial charge in [-0.25, -0.2) is 4.68 Å². The van der Waals surface area contributed by atoms with E-state index in [0.29, 0.717) is 16.7 Å². The van der Waals surface area contributed by atoms with Crippen LogP contribution in [0.2, 0.25) is 0 Å². The van der Waals surface area contributed by atoms with Crippen molar-refractivity contribution in [3.63, 3.8) is 0 Å². The summed E-state index contributed by atoms with van der Waals surface area (Å²) in [5.41, 5.74) is 2.77. The molecule has 0 spiro atoms. The van der Waals surface area contributed by atoms with Crippen molar-refractivity contribution in [1.82, 2.24) is 9.78 Å². The van der Waals surface area contributed by atoms with Gasteiger partial charge in [0.15, 0.2) is 0 Å². The van der Waals surface area contributed by atoms with Crippen molar-refractivity contribution in [2.24, 2.45) is 0 Å². The standard InChI is InChI=1S/C15H14BrN3O/c1-3-8-19-15(20)14(16)13(10-18-19)17-9-12-6-4-11(2)5-7-12/h1,4-7,10,17H,8-9H2,2H3. The third kappa shape index (κ3) is 3.28. The number of nitrogens with one attached hydrogen (secondary N) is 1. The van der Waals surface area contributed by atoms with Gasteiger partial charge >= 0.3 is 0 Å². The van der Waals surface area contributed by atoms with E-state index in [2.05, 4.69) is 44.4 Å². The number of anilines is 1. The zero-order valence-corrected chi connectivity index (χ0v) is 12.6. The average Bonchev–Trinajstić information content (AvgIpc) is 2.45. The van der Waals surface area contributed by atoms with Crippen LogP contribution in [0.25, 0.3) is 0 Å². The molecule has 0 unspecified atom stereocenters. The molecule has 0 fully saturated rings. The molecule has 1 aromatic carbocycles. The second kappa shape index (κ2) is 6.40. The van der Waals surface area contributed by atoms with Crippen LogP contribution in [0.1, 0.15) is 11.1 Å². The summed E-state index contributed by atoms with van der Waals surface area (Å²) in [6.45, 7) is 2.83. The molecule has 102 valence electrons. The third-order valence-electron chi connectivity index (χ3n) is 2.83. The summed E-state index contributed by atoms with van der Waals surface area (Å²) in [6.07, 6.45) is 6.78. The van der Waals surface area contributed by atoms with Crippen LogP contribution in [-0.2, 0) is 13.1 Å². The van der Waals surface area contributed by atoms with Crippen LogP contribution >= 0.6 is 15.9 Å². The molecule has 1 heterocycles. The fraction of sp³-hybridized carbons (Fsp3) is 0.200. The van der Waals surface area contributed by atoms with E-state index in [1.165, 1.54) is 10.2 Å². The van der Waals surface area contributed by atoms with Crippen LogP contribution in [0, 0.1) is 19.3 Å². The Labute approximate surface area is 126 Å². The van der Waals surface area contributed by atoms with Crippen molar-refractivity contribution in [2.45, 2.75) is 20.0 Å². The lowest BCUT2D eigenvalue weighted by Gasteiger charge is -2.09. The van der Waals surface area contributed by atoms with Crippen LogP contribution in [-0.4, -0.2) is 9.78 Å². The highest BCUT2D eigenvalue weighted by molar-refractivity contribution is 9.10. The van der Waals surface area contributed by atoms with Gasteiger partial charge in [-0.1, -0.05) is 35.7 Å². The van der Waals surface area contributed by atoms with E-state index in [4.69, 9.17) is 6.42 Å². The van der Waals surface area contributed by atoms with E-state index < -0.39 is 0 Å². The van der Waals surface area contributed by atoms with Crippen molar-refractivity contribution >= 4 is 21.6 Å². The third-order valence-corrected chi connectivity index (χ3v) is 3.60. The number of rotatable bonds is 4. The molecule has 1 N–H and O–H groups in total. The van der Waals surface area contributed by atoms with Crippen LogP contribution in [0.15, 0.2) is 39.7 Å². The largest absolute Gasteiger partial charge is 0.379 e.